The highest BCUT2D eigenvalue weighted by atomic mass is 79.9. The highest BCUT2D eigenvalue weighted by molar-refractivity contribution is 9.10. The minimum atomic E-state index is 0.0184. The average Bonchev–Trinajstić information content (AvgIpc) is 2.42. The Bertz CT molecular complexity index is 373. The van der Waals surface area contributed by atoms with Crippen LogP contribution in [0.3, 0.4) is 0 Å². The fraction of sp³-hybridized carbons (Fsp3) is 0.625. The first kappa shape index (κ1) is 16.7. The molecule has 1 unspecified atom stereocenters. The molecule has 1 aromatic rings. The van der Waals surface area contributed by atoms with Gasteiger partial charge in [0.1, 0.15) is 0 Å². The molecule has 0 aliphatic heterocycles. The molecule has 1 atom stereocenters. The molecule has 0 aromatic heterocycles. The number of hydrogen-bond donors (Lipinski definition) is 1. The monoisotopic (exact) mass is 326 g/mol. The average molecular weight is 327 g/mol. The second-order valence-electron chi connectivity index (χ2n) is 5.59. The van der Waals surface area contributed by atoms with Crippen LogP contribution in [-0.4, -0.2) is 30.1 Å². The molecule has 108 valence electrons. The Morgan fingerprint density at radius 1 is 1.21 bits per heavy atom. The number of benzene rings is 1. The van der Waals surface area contributed by atoms with E-state index < -0.39 is 0 Å². The summed E-state index contributed by atoms with van der Waals surface area (Å²) in [6.07, 6.45) is 3.33. The summed E-state index contributed by atoms with van der Waals surface area (Å²) in [5.41, 5.74) is 7.44. The second-order valence-corrected chi connectivity index (χ2v) is 6.50. The molecule has 19 heavy (non-hydrogen) atoms. The third kappa shape index (κ3) is 4.30. The van der Waals surface area contributed by atoms with E-state index in [1.165, 1.54) is 18.4 Å². The van der Waals surface area contributed by atoms with Crippen molar-refractivity contribution >= 4 is 15.9 Å². The van der Waals surface area contributed by atoms with Crippen LogP contribution >= 0.6 is 15.9 Å². The zero-order chi connectivity index (χ0) is 14.5. The molecular weight excluding hydrogens is 300 g/mol. The largest absolute Gasteiger partial charge is 0.329 e. The maximum atomic E-state index is 6.08. The molecule has 0 fully saturated rings. The highest BCUT2D eigenvalue weighted by Gasteiger charge is 2.31. The lowest BCUT2D eigenvalue weighted by atomic mass is 9.89. The molecule has 0 bridgehead atoms. The van der Waals surface area contributed by atoms with Crippen molar-refractivity contribution in [2.75, 3.05) is 13.6 Å². The van der Waals surface area contributed by atoms with Gasteiger partial charge in [0.05, 0.1) is 0 Å². The Morgan fingerprint density at radius 2 is 1.74 bits per heavy atom. The lowest BCUT2D eigenvalue weighted by Gasteiger charge is -2.43. The van der Waals surface area contributed by atoms with E-state index in [0.717, 1.165) is 10.9 Å². The minimum Gasteiger partial charge on any atom is -0.329 e. The van der Waals surface area contributed by atoms with Gasteiger partial charge in [-0.05, 0) is 50.9 Å². The zero-order valence-corrected chi connectivity index (χ0v) is 14.2. The lowest BCUT2D eigenvalue weighted by Crippen LogP contribution is -2.55. The van der Waals surface area contributed by atoms with E-state index in [1.54, 1.807) is 0 Å². The van der Waals surface area contributed by atoms with Crippen molar-refractivity contribution in [1.82, 2.24) is 4.90 Å². The number of nitrogens with two attached hydrogens (primary N) is 1. The summed E-state index contributed by atoms with van der Waals surface area (Å²) in [4.78, 5) is 2.47. The second kappa shape index (κ2) is 7.41. The van der Waals surface area contributed by atoms with Crippen LogP contribution in [0.1, 0.15) is 39.2 Å². The maximum Gasteiger partial charge on any atom is 0.0343 e. The smallest absolute Gasteiger partial charge is 0.0343 e. The van der Waals surface area contributed by atoms with Crippen LogP contribution in [0.4, 0.5) is 0 Å². The van der Waals surface area contributed by atoms with E-state index >= 15 is 0 Å². The van der Waals surface area contributed by atoms with Gasteiger partial charge in [0.25, 0.3) is 0 Å². The molecule has 0 heterocycles. The highest BCUT2D eigenvalue weighted by Crippen LogP contribution is 2.24. The number of likely N-dealkylation sites (N-methyl/N-ethyl adjacent to an activating group) is 1. The van der Waals surface area contributed by atoms with Gasteiger partial charge < -0.3 is 5.73 Å². The summed E-state index contributed by atoms with van der Waals surface area (Å²) in [7, 11) is 2.21. The molecule has 0 saturated carbocycles. The van der Waals surface area contributed by atoms with Crippen LogP contribution < -0.4 is 5.73 Å². The van der Waals surface area contributed by atoms with Crippen LogP contribution in [0.5, 0.6) is 0 Å². The topological polar surface area (TPSA) is 29.3 Å². The van der Waals surface area contributed by atoms with Gasteiger partial charge in [0.15, 0.2) is 0 Å². The van der Waals surface area contributed by atoms with Crippen molar-refractivity contribution in [3.05, 3.63) is 34.3 Å². The van der Waals surface area contributed by atoms with Gasteiger partial charge in [-0.1, -0.05) is 41.9 Å². The Balaban J connectivity index is 2.87. The summed E-state index contributed by atoms with van der Waals surface area (Å²) < 4.78 is 1.12. The Morgan fingerprint density at radius 3 is 2.16 bits per heavy atom. The zero-order valence-electron chi connectivity index (χ0n) is 12.6. The fourth-order valence-electron chi connectivity index (χ4n) is 2.66. The molecule has 2 nitrogen and oxygen atoms in total. The Kier molecular flexibility index (Phi) is 6.51. The van der Waals surface area contributed by atoms with Crippen LogP contribution in [0.15, 0.2) is 28.7 Å². The standard InChI is InChI=1S/C16H27BrN2/c1-5-15(6-2)19(4)16(3,12-18)11-13-7-9-14(17)10-8-13/h7-10,15H,5-6,11-12,18H2,1-4H3. The fourth-order valence-corrected chi connectivity index (χ4v) is 2.92. The van der Waals surface area contributed by atoms with Crippen LogP contribution in [0.25, 0.3) is 0 Å². The van der Waals surface area contributed by atoms with Gasteiger partial charge in [-0.3, -0.25) is 4.90 Å². The summed E-state index contributed by atoms with van der Waals surface area (Å²) in [6.45, 7) is 7.45. The molecule has 1 aromatic carbocycles. The van der Waals surface area contributed by atoms with Gasteiger partial charge >= 0.3 is 0 Å². The van der Waals surface area contributed by atoms with Crippen molar-refractivity contribution in [2.24, 2.45) is 5.73 Å². The van der Waals surface area contributed by atoms with E-state index in [-0.39, 0.29) is 5.54 Å². The molecule has 0 amide bonds. The van der Waals surface area contributed by atoms with E-state index in [1.807, 2.05) is 0 Å². The molecule has 1 rings (SSSR count). The quantitative estimate of drug-likeness (QED) is 0.825. The SMILES string of the molecule is CCC(CC)N(C)C(C)(CN)Cc1ccc(Br)cc1. The van der Waals surface area contributed by atoms with Crippen molar-refractivity contribution in [2.45, 2.75) is 51.6 Å². The minimum absolute atomic E-state index is 0.0184. The predicted octanol–water partition coefficient (Wildman–Crippen LogP) is 3.83. The van der Waals surface area contributed by atoms with Gasteiger partial charge in [-0.2, -0.15) is 0 Å². The molecule has 0 aliphatic carbocycles. The third-order valence-corrected chi connectivity index (χ3v) is 4.81. The number of hydrogen-bond acceptors (Lipinski definition) is 2. The van der Waals surface area contributed by atoms with Crippen LogP contribution in [-0.2, 0) is 6.42 Å². The van der Waals surface area contributed by atoms with E-state index in [2.05, 4.69) is 72.9 Å². The van der Waals surface area contributed by atoms with Crippen LogP contribution in [0, 0.1) is 0 Å². The van der Waals surface area contributed by atoms with Gasteiger partial charge in [0, 0.05) is 22.6 Å². The molecule has 0 saturated heterocycles. The van der Waals surface area contributed by atoms with Gasteiger partial charge in [-0.25, -0.2) is 0 Å². The van der Waals surface area contributed by atoms with E-state index in [9.17, 15) is 0 Å². The number of nitrogens with zero attached hydrogens (tertiary/aromatic N) is 1. The van der Waals surface area contributed by atoms with Crippen molar-refractivity contribution in [3.63, 3.8) is 0 Å². The Labute approximate surface area is 126 Å². The molecule has 2 N–H and O–H groups in total. The van der Waals surface area contributed by atoms with Crippen LogP contribution in [0.2, 0.25) is 0 Å². The van der Waals surface area contributed by atoms with Crippen molar-refractivity contribution in [1.29, 1.82) is 0 Å². The van der Waals surface area contributed by atoms with Crippen molar-refractivity contribution in [3.8, 4) is 0 Å². The summed E-state index contributed by atoms with van der Waals surface area (Å²) >= 11 is 3.48. The first-order valence-corrected chi connectivity index (χ1v) is 7.93. The van der Waals surface area contributed by atoms with Gasteiger partial charge in [-0.15, -0.1) is 0 Å². The first-order chi connectivity index (χ1) is 8.96. The molecular formula is C16H27BrN2. The molecule has 0 spiro atoms. The van der Waals surface area contributed by atoms with E-state index in [4.69, 9.17) is 5.73 Å². The molecule has 3 heteroatoms. The van der Waals surface area contributed by atoms with E-state index in [0.29, 0.717) is 12.6 Å². The molecule has 0 radical (unpaired) electrons. The number of halogens is 1. The number of rotatable bonds is 7. The van der Waals surface area contributed by atoms with Crippen molar-refractivity contribution < 1.29 is 0 Å². The molecule has 0 aliphatic rings. The first-order valence-electron chi connectivity index (χ1n) is 7.14. The normalized spacial score (nSPS) is 14.9. The van der Waals surface area contributed by atoms with Gasteiger partial charge in [0.2, 0.25) is 0 Å². The third-order valence-electron chi connectivity index (χ3n) is 4.28. The maximum absolute atomic E-state index is 6.08. The summed E-state index contributed by atoms with van der Waals surface area (Å²) in [5, 5.41) is 0. The Hall–Kier alpha value is -0.380. The summed E-state index contributed by atoms with van der Waals surface area (Å²) in [6, 6.07) is 9.16. The predicted molar refractivity (Wildman–Crippen MR) is 87.4 cm³/mol. The summed E-state index contributed by atoms with van der Waals surface area (Å²) in [5.74, 6) is 0. The lowest BCUT2D eigenvalue weighted by molar-refractivity contribution is 0.0867.